The van der Waals surface area contributed by atoms with Gasteiger partial charge >= 0.3 is 0 Å². The number of pyridine rings is 1. The summed E-state index contributed by atoms with van der Waals surface area (Å²) in [7, 11) is 0. The molecule has 0 fully saturated rings. The first-order valence-electron chi connectivity index (χ1n) is 6.93. The number of nitrogens with zero attached hydrogens (tertiary/aromatic N) is 1. The Hall–Kier alpha value is -2.07. The smallest absolute Gasteiger partial charge is 0.257 e. The highest BCUT2D eigenvalue weighted by atomic mass is 35.5. The lowest BCUT2D eigenvalue weighted by Crippen LogP contribution is -2.13. The molecule has 110 valence electrons. The van der Waals surface area contributed by atoms with Gasteiger partial charge < -0.3 is 10.6 Å². The molecule has 2 rings (SSSR count). The summed E-state index contributed by atoms with van der Waals surface area (Å²) in [5.41, 5.74) is 2.34. The van der Waals surface area contributed by atoms with Gasteiger partial charge in [-0.2, -0.15) is 0 Å². The highest BCUT2D eigenvalue weighted by Crippen LogP contribution is 2.20. The predicted molar refractivity (Wildman–Crippen MR) is 87.2 cm³/mol. The van der Waals surface area contributed by atoms with Crippen LogP contribution in [0.1, 0.15) is 29.8 Å². The van der Waals surface area contributed by atoms with E-state index in [-0.39, 0.29) is 5.91 Å². The Morgan fingerprint density at radius 3 is 2.81 bits per heavy atom. The van der Waals surface area contributed by atoms with Gasteiger partial charge in [-0.15, -0.1) is 0 Å². The number of amides is 1. The molecule has 0 aliphatic carbocycles. The minimum atomic E-state index is -0.241. The van der Waals surface area contributed by atoms with Crippen LogP contribution in [-0.2, 0) is 6.42 Å². The summed E-state index contributed by atoms with van der Waals surface area (Å²) in [5, 5.41) is 6.26. The van der Waals surface area contributed by atoms with Gasteiger partial charge in [0.2, 0.25) is 0 Å². The maximum absolute atomic E-state index is 12.3. The molecule has 0 aliphatic heterocycles. The fraction of sp³-hybridized carbons (Fsp3) is 0.250. The third kappa shape index (κ3) is 3.95. The summed E-state index contributed by atoms with van der Waals surface area (Å²) in [4.78, 5) is 16.5. The van der Waals surface area contributed by atoms with Crippen molar-refractivity contribution in [1.82, 2.24) is 4.98 Å². The Morgan fingerprint density at radius 2 is 2.10 bits per heavy atom. The van der Waals surface area contributed by atoms with Crippen LogP contribution in [0.5, 0.6) is 0 Å². The van der Waals surface area contributed by atoms with Crippen molar-refractivity contribution >= 4 is 29.0 Å². The van der Waals surface area contributed by atoms with Gasteiger partial charge in [0.05, 0.1) is 10.6 Å². The molecule has 1 heterocycles. The molecule has 1 amide bonds. The first-order chi connectivity index (χ1) is 10.1. The van der Waals surface area contributed by atoms with Crippen LogP contribution in [0.25, 0.3) is 0 Å². The molecule has 5 heteroatoms. The first kappa shape index (κ1) is 15.3. The van der Waals surface area contributed by atoms with E-state index < -0.39 is 0 Å². The van der Waals surface area contributed by atoms with Gasteiger partial charge in [-0.05, 0) is 37.1 Å². The number of rotatable bonds is 5. The SMILES string of the molecule is CCNc1cc(C(=O)Nc2cccc(CC)c2)c(Cl)cn1. The fourth-order valence-corrected chi connectivity index (χ4v) is 2.15. The molecule has 0 atom stereocenters. The minimum absolute atomic E-state index is 0.241. The lowest BCUT2D eigenvalue weighted by molar-refractivity contribution is 0.102. The number of halogens is 1. The van der Waals surface area contributed by atoms with Gasteiger partial charge in [-0.25, -0.2) is 4.98 Å². The lowest BCUT2D eigenvalue weighted by Gasteiger charge is -2.09. The molecule has 1 aromatic heterocycles. The van der Waals surface area contributed by atoms with E-state index >= 15 is 0 Å². The largest absolute Gasteiger partial charge is 0.370 e. The molecule has 0 bridgehead atoms. The Kier molecular flexibility index (Phi) is 5.17. The number of carbonyl (C=O) groups excluding carboxylic acids is 1. The van der Waals surface area contributed by atoms with Crippen LogP contribution in [0.3, 0.4) is 0 Å². The number of anilines is 2. The third-order valence-corrected chi connectivity index (χ3v) is 3.35. The first-order valence-corrected chi connectivity index (χ1v) is 7.31. The zero-order valence-corrected chi connectivity index (χ0v) is 12.9. The van der Waals surface area contributed by atoms with E-state index in [1.165, 1.54) is 11.8 Å². The van der Waals surface area contributed by atoms with Gasteiger partial charge in [0.25, 0.3) is 5.91 Å². The lowest BCUT2D eigenvalue weighted by atomic mass is 10.1. The molecule has 0 spiro atoms. The summed E-state index contributed by atoms with van der Waals surface area (Å²) in [6, 6.07) is 9.42. The predicted octanol–water partition coefficient (Wildman–Crippen LogP) is 3.98. The standard InChI is InChI=1S/C16H18ClN3O/c1-3-11-6-5-7-12(8-11)20-16(21)13-9-15(18-4-2)19-10-14(13)17/h5-10H,3-4H2,1-2H3,(H,18,19)(H,20,21). The van der Waals surface area contributed by atoms with Crippen molar-refractivity contribution in [1.29, 1.82) is 0 Å². The fourth-order valence-electron chi connectivity index (χ4n) is 1.96. The molecule has 2 N–H and O–H groups in total. The van der Waals surface area contributed by atoms with Gasteiger partial charge in [0.1, 0.15) is 5.82 Å². The Balaban J connectivity index is 2.21. The van der Waals surface area contributed by atoms with Crippen LogP contribution in [0.15, 0.2) is 36.5 Å². The minimum Gasteiger partial charge on any atom is -0.370 e. The number of aromatic nitrogens is 1. The highest BCUT2D eigenvalue weighted by Gasteiger charge is 2.12. The molecule has 0 saturated heterocycles. The summed E-state index contributed by atoms with van der Waals surface area (Å²) in [6.07, 6.45) is 2.40. The van der Waals surface area contributed by atoms with Crippen LogP contribution in [0, 0.1) is 0 Å². The van der Waals surface area contributed by atoms with Crippen LogP contribution in [0.4, 0.5) is 11.5 Å². The molecule has 4 nitrogen and oxygen atoms in total. The normalized spacial score (nSPS) is 10.2. The van der Waals surface area contributed by atoms with Crippen molar-refractivity contribution < 1.29 is 4.79 Å². The maximum Gasteiger partial charge on any atom is 0.257 e. The second kappa shape index (κ2) is 7.09. The van der Waals surface area contributed by atoms with Crippen molar-refractivity contribution in [3.63, 3.8) is 0 Å². The Bertz CT molecular complexity index is 643. The molecular weight excluding hydrogens is 286 g/mol. The van der Waals surface area contributed by atoms with Gasteiger partial charge in [0.15, 0.2) is 0 Å². The molecule has 0 radical (unpaired) electrons. The number of benzene rings is 1. The molecular formula is C16H18ClN3O. The monoisotopic (exact) mass is 303 g/mol. The van der Waals surface area contributed by atoms with E-state index in [0.29, 0.717) is 16.4 Å². The topological polar surface area (TPSA) is 54.0 Å². The zero-order chi connectivity index (χ0) is 15.2. The quantitative estimate of drug-likeness (QED) is 0.878. The maximum atomic E-state index is 12.3. The third-order valence-electron chi connectivity index (χ3n) is 3.05. The molecule has 0 saturated carbocycles. The van der Waals surface area contributed by atoms with E-state index in [4.69, 9.17) is 11.6 Å². The number of nitrogens with one attached hydrogen (secondary N) is 2. The second-order valence-corrected chi connectivity index (χ2v) is 4.99. The van der Waals surface area contributed by atoms with E-state index in [9.17, 15) is 4.79 Å². The average Bonchev–Trinajstić information content (AvgIpc) is 2.49. The van der Waals surface area contributed by atoms with E-state index in [1.54, 1.807) is 6.07 Å². The Labute approximate surface area is 129 Å². The van der Waals surface area contributed by atoms with Gasteiger partial charge in [-0.3, -0.25) is 4.79 Å². The van der Waals surface area contributed by atoms with Gasteiger partial charge in [-0.1, -0.05) is 30.7 Å². The van der Waals surface area contributed by atoms with E-state index in [2.05, 4.69) is 22.5 Å². The molecule has 0 unspecified atom stereocenters. The van der Waals surface area contributed by atoms with E-state index in [0.717, 1.165) is 18.7 Å². The molecule has 21 heavy (non-hydrogen) atoms. The van der Waals surface area contributed by atoms with Crippen LogP contribution >= 0.6 is 11.6 Å². The number of hydrogen-bond donors (Lipinski definition) is 2. The second-order valence-electron chi connectivity index (χ2n) is 4.59. The van der Waals surface area contributed by atoms with Gasteiger partial charge in [0, 0.05) is 18.4 Å². The summed E-state index contributed by atoms with van der Waals surface area (Å²) in [6.45, 7) is 4.77. The zero-order valence-electron chi connectivity index (χ0n) is 12.1. The summed E-state index contributed by atoms with van der Waals surface area (Å²) in [5.74, 6) is 0.393. The number of hydrogen-bond acceptors (Lipinski definition) is 3. The van der Waals surface area contributed by atoms with Crippen molar-refractivity contribution in [2.45, 2.75) is 20.3 Å². The van der Waals surface area contributed by atoms with Crippen molar-refractivity contribution in [2.24, 2.45) is 0 Å². The average molecular weight is 304 g/mol. The Morgan fingerprint density at radius 1 is 1.29 bits per heavy atom. The summed E-state index contributed by atoms with van der Waals surface area (Å²) < 4.78 is 0. The van der Waals surface area contributed by atoms with E-state index in [1.807, 2.05) is 31.2 Å². The molecule has 2 aromatic rings. The molecule has 1 aromatic carbocycles. The van der Waals surface area contributed by atoms with Crippen LogP contribution < -0.4 is 10.6 Å². The van der Waals surface area contributed by atoms with Crippen LogP contribution in [-0.4, -0.2) is 17.4 Å². The number of aryl methyl sites for hydroxylation is 1. The highest BCUT2D eigenvalue weighted by molar-refractivity contribution is 6.34. The summed E-state index contributed by atoms with van der Waals surface area (Å²) >= 11 is 6.06. The van der Waals surface area contributed by atoms with Crippen molar-refractivity contribution in [2.75, 3.05) is 17.2 Å². The number of carbonyl (C=O) groups is 1. The van der Waals surface area contributed by atoms with Crippen molar-refractivity contribution in [3.05, 3.63) is 52.7 Å². The van der Waals surface area contributed by atoms with Crippen molar-refractivity contribution in [3.8, 4) is 0 Å². The molecule has 0 aliphatic rings. The van der Waals surface area contributed by atoms with Crippen LogP contribution in [0.2, 0.25) is 5.02 Å².